The molecule has 8 heteroatoms. The van der Waals surface area contributed by atoms with Crippen LogP contribution in [0.4, 0.5) is 0 Å². The van der Waals surface area contributed by atoms with Crippen LogP contribution in [0.25, 0.3) is 21.7 Å². The standard InChI is InChI=1S/C19H18N2O5S/c1-21(2)27(24,25)13-5-7-14-11(9-13)3-8-17-18(14)19(20-26-17)15-6-4-12(22)10-16(15)23/h3,5,7-9,15H,4,6,10H2,1-2H3/t15-/m1/s1. The van der Waals surface area contributed by atoms with Crippen molar-refractivity contribution in [3.05, 3.63) is 36.0 Å². The van der Waals surface area contributed by atoms with Gasteiger partial charge in [0.05, 0.1) is 22.6 Å². The zero-order chi connectivity index (χ0) is 19.3. The molecule has 0 radical (unpaired) electrons. The largest absolute Gasteiger partial charge is 0.356 e. The Morgan fingerprint density at radius 2 is 1.93 bits per heavy atom. The van der Waals surface area contributed by atoms with Gasteiger partial charge in [-0.05, 0) is 35.4 Å². The van der Waals surface area contributed by atoms with Crippen LogP contribution < -0.4 is 0 Å². The number of carbonyl (C=O) groups excluding carboxylic acids is 2. The Labute approximate surface area is 156 Å². The van der Waals surface area contributed by atoms with Crippen molar-refractivity contribution in [2.75, 3.05) is 14.1 Å². The van der Waals surface area contributed by atoms with Gasteiger partial charge in [0.1, 0.15) is 17.3 Å². The fraction of sp³-hybridized carbons (Fsp3) is 0.316. The van der Waals surface area contributed by atoms with Crippen molar-refractivity contribution in [2.45, 2.75) is 30.1 Å². The van der Waals surface area contributed by atoms with Crippen LogP contribution in [0.3, 0.4) is 0 Å². The summed E-state index contributed by atoms with van der Waals surface area (Å²) in [5.41, 5.74) is 1.06. The minimum atomic E-state index is -3.55. The average molecular weight is 386 g/mol. The first-order chi connectivity index (χ1) is 12.8. The molecule has 1 fully saturated rings. The van der Waals surface area contributed by atoms with Crippen molar-refractivity contribution >= 4 is 43.3 Å². The molecule has 0 spiro atoms. The van der Waals surface area contributed by atoms with Crippen LogP contribution >= 0.6 is 0 Å². The lowest BCUT2D eigenvalue weighted by atomic mass is 9.83. The van der Waals surface area contributed by atoms with E-state index in [1.807, 2.05) is 0 Å². The molecule has 0 unspecified atom stereocenters. The van der Waals surface area contributed by atoms with Crippen molar-refractivity contribution in [1.82, 2.24) is 9.46 Å². The third-order valence-electron chi connectivity index (χ3n) is 5.03. The molecule has 1 aliphatic carbocycles. The maximum atomic E-state index is 12.4. The second kappa shape index (κ2) is 6.24. The zero-order valence-corrected chi connectivity index (χ0v) is 15.7. The highest BCUT2D eigenvalue weighted by atomic mass is 32.2. The van der Waals surface area contributed by atoms with E-state index >= 15 is 0 Å². The molecule has 0 bridgehead atoms. The molecule has 1 aliphatic rings. The molecule has 0 saturated heterocycles. The number of fused-ring (bicyclic) bond motifs is 3. The van der Waals surface area contributed by atoms with Gasteiger partial charge in [-0.1, -0.05) is 17.3 Å². The Bertz CT molecular complexity index is 1190. The van der Waals surface area contributed by atoms with Gasteiger partial charge in [-0.15, -0.1) is 0 Å². The van der Waals surface area contributed by atoms with Gasteiger partial charge < -0.3 is 4.52 Å². The number of ketones is 2. The fourth-order valence-corrected chi connectivity index (χ4v) is 4.48. The molecule has 1 heterocycles. The number of Topliss-reactive ketones (excluding diaryl/α,β-unsaturated/α-hetero) is 2. The van der Waals surface area contributed by atoms with E-state index in [0.717, 1.165) is 9.69 Å². The lowest BCUT2D eigenvalue weighted by Crippen LogP contribution is -2.23. The predicted molar refractivity (Wildman–Crippen MR) is 99.0 cm³/mol. The smallest absolute Gasteiger partial charge is 0.242 e. The summed E-state index contributed by atoms with van der Waals surface area (Å²) in [6.07, 6.45) is 0.693. The van der Waals surface area contributed by atoms with Crippen molar-refractivity contribution in [3.8, 4) is 0 Å². The lowest BCUT2D eigenvalue weighted by Gasteiger charge is -2.18. The number of aromatic nitrogens is 1. The van der Waals surface area contributed by atoms with Gasteiger partial charge in [0, 0.05) is 20.5 Å². The van der Waals surface area contributed by atoms with Gasteiger partial charge in [-0.2, -0.15) is 0 Å². The second-order valence-electron chi connectivity index (χ2n) is 6.95. The number of nitrogens with zero attached hydrogens (tertiary/aromatic N) is 2. The minimum Gasteiger partial charge on any atom is -0.356 e. The SMILES string of the molecule is CN(C)S(=O)(=O)c1ccc2c(ccc3onc([C@@H]4CCC(=O)CC4=O)c32)c1. The Balaban J connectivity index is 1.90. The zero-order valence-electron chi connectivity index (χ0n) is 14.9. The summed E-state index contributed by atoms with van der Waals surface area (Å²) in [6, 6.07) is 8.35. The topological polar surface area (TPSA) is 97.6 Å². The first-order valence-electron chi connectivity index (χ1n) is 8.58. The number of hydrogen-bond donors (Lipinski definition) is 0. The highest BCUT2D eigenvalue weighted by Crippen LogP contribution is 2.37. The normalized spacial score (nSPS) is 18.7. The molecule has 1 saturated carbocycles. The van der Waals surface area contributed by atoms with E-state index in [1.165, 1.54) is 14.1 Å². The molecule has 0 amide bonds. The van der Waals surface area contributed by atoms with E-state index < -0.39 is 15.9 Å². The maximum absolute atomic E-state index is 12.4. The minimum absolute atomic E-state index is 0.0487. The summed E-state index contributed by atoms with van der Waals surface area (Å²) in [5, 5.41) is 6.30. The van der Waals surface area contributed by atoms with Gasteiger partial charge in [0.25, 0.3) is 0 Å². The highest BCUT2D eigenvalue weighted by Gasteiger charge is 2.32. The third-order valence-corrected chi connectivity index (χ3v) is 6.84. The molecule has 27 heavy (non-hydrogen) atoms. The summed E-state index contributed by atoms with van der Waals surface area (Å²) in [4.78, 5) is 24.1. The monoisotopic (exact) mass is 386 g/mol. The van der Waals surface area contributed by atoms with E-state index in [2.05, 4.69) is 5.16 Å². The van der Waals surface area contributed by atoms with E-state index in [0.29, 0.717) is 34.9 Å². The highest BCUT2D eigenvalue weighted by molar-refractivity contribution is 7.89. The Hall–Kier alpha value is -2.58. The first-order valence-corrected chi connectivity index (χ1v) is 10.0. The summed E-state index contributed by atoms with van der Waals surface area (Å²) < 4.78 is 31.4. The molecule has 2 aromatic carbocycles. The molecular formula is C19H18N2O5S. The molecule has 0 aliphatic heterocycles. The summed E-state index contributed by atoms with van der Waals surface area (Å²) in [6.45, 7) is 0. The van der Waals surface area contributed by atoms with Crippen LogP contribution in [0, 0.1) is 0 Å². The van der Waals surface area contributed by atoms with Crippen LogP contribution in [-0.4, -0.2) is 43.5 Å². The van der Waals surface area contributed by atoms with Crippen LogP contribution in [0.5, 0.6) is 0 Å². The predicted octanol–water partition coefficient (Wildman–Crippen LogP) is 2.64. The Kier molecular flexibility index (Phi) is 4.12. The van der Waals surface area contributed by atoms with Gasteiger partial charge >= 0.3 is 0 Å². The molecule has 4 rings (SSSR count). The van der Waals surface area contributed by atoms with Crippen molar-refractivity contribution in [3.63, 3.8) is 0 Å². The lowest BCUT2D eigenvalue weighted by molar-refractivity contribution is -0.130. The molecule has 7 nitrogen and oxygen atoms in total. The van der Waals surface area contributed by atoms with Gasteiger partial charge in [0.2, 0.25) is 10.0 Å². The quantitative estimate of drug-likeness (QED) is 0.642. The average Bonchev–Trinajstić information content (AvgIpc) is 3.05. The Morgan fingerprint density at radius 1 is 1.15 bits per heavy atom. The van der Waals surface area contributed by atoms with E-state index in [9.17, 15) is 18.0 Å². The first kappa shape index (κ1) is 17.8. The van der Waals surface area contributed by atoms with Crippen LogP contribution in [0.2, 0.25) is 0 Å². The van der Waals surface area contributed by atoms with Gasteiger partial charge in [-0.25, -0.2) is 12.7 Å². The van der Waals surface area contributed by atoms with Crippen molar-refractivity contribution in [2.24, 2.45) is 0 Å². The summed E-state index contributed by atoms with van der Waals surface area (Å²) >= 11 is 0. The molecule has 1 aromatic heterocycles. The maximum Gasteiger partial charge on any atom is 0.242 e. The molecular weight excluding hydrogens is 368 g/mol. The molecule has 3 aromatic rings. The molecule has 140 valence electrons. The van der Waals surface area contributed by atoms with Crippen LogP contribution in [0.15, 0.2) is 39.8 Å². The van der Waals surface area contributed by atoms with Gasteiger partial charge in [0.15, 0.2) is 5.58 Å². The fourth-order valence-electron chi connectivity index (χ4n) is 3.54. The second-order valence-corrected chi connectivity index (χ2v) is 9.10. The molecule has 0 N–H and O–H groups in total. The number of carbonyl (C=O) groups is 2. The van der Waals surface area contributed by atoms with E-state index in [4.69, 9.17) is 4.52 Å². The summed E-state index contributed by atoms with van der Waals surface area (Å²) in [7, 11) is -0.585. The number of rotatable bonds is 3. The van der Waals surface area contributed by atoms with Gasteiger partial charge in [-0.3, -0.25) is 9.59 Å². The number of hydrogen-bond acceptors (Lipinski definition) is 6. The van der Waals surface area contributed by atoms with Crippen molar-refractivity contribution < 1.29 is 22.5 Å². The van der Waals surface area contributed by atoms with Crippen LogP contribution in [-0.2, 0) is 19.6 Å². The number of benzene rings is 2. The van der Waals surface area contributed by atoms with Crippen molar-refractivity contribution in [1.29, 1.82) is 0 Å². The molecule has 1 atom stereocenters. The summed E-state index contributed by atoms with van der Waals surface area (Å²) in [5.74, 6) is -0.669. The Morgan fingerprint density at radius 3 is 2.63 bits per heavy atom. The van der Waals surface area contributed by atoms with Crippen LogP contribution in [0.1, 0.15) is 30.9 Å². The number of sulfonamides is 1. The van der Waals surface area contributed by atoms with E-state index in [1.54, 1.807) is 30.3 Å². The third kappa shape index (κ3) is 2.85. The van der Waals surface area contributed by atoms with E-state index in [-0.39, 0.29) is 22.9 Å².